The maximum absolute atomic E-state index is 12.7. The van der Waals surface area contributed by atoms with E-state index < -0.39 is 5.97 Å². The van der Waals surface area contributed by atoms with Gasteiger partial charge in [0.05, 0.1) is 19.3 Å². The van der Waals surface area contributed by atoms with Crippen molar-refractivity contribution in [2.75, 3.05) is 26.8 Å². The highest BCUT2D eigenvalue weighted by atomic mass is 16.5. The average molecular weight is 396 g/mol. The summed E-state index contributed by atoms with van der Waals surface area (Å²) in [6, 6.07) is 11.5. The number of amides is 1. The first-order valence-corrected chi connectivity index (χ1v) is 10.2. The minimum atomic E-state index is -0.454. The molecule has 0 N–H and O–H groups in total. The van der Waals surface area contributed by atoms with Gasteiger partial charge in [-0.2, -0.15) is 0 Å². The Balaban J connectivity index is 1.46. The van der Waals surface area contributed by atoms with Crippen LogP contribution in [0.3, 0.4) is 0 Å². The van der Waals surface area contributed by atoms with Gasteiger partial charge in [-0.3, -0.25) is 9.78 Å². The monoisotopic (exact) mass is 396 g/mol. The maximum Gasteiger partial charge on any atom is 0.339 e. The van der Waals surface area contributed by atoms with Gasteiger partial charge in [-0.1, -0.05) is 12.1 Å². The molecule has 1 aromatic carbocycles. The fourth-order valence-corrected chi connectivity index (χ4v) is 3.64. The van der Waals surface area contributed by atoms with E-state index in [2.05, 4.69) is 21.9 Å². The Morgan fingerprint density at radius 3 is 2.41 bits per heavy atom. The first-order valence-electron chi connectivity index (χ1n) is 10.2. The number of benzene rings is 1. The van der Waals surface area contributed by atoms with E-state index in [1.807, 2.05) is 24.0 Å². The molecule has 154 valence electrons. The van der Waals surface area contributed by atoms with Gasteiger partial charge in [0.1, 0.15) is 11.4 Å². The molecule has 3 rings (SSSR count). The average Bonchev–Trinajstić information content (AvgIpc) is 2.78. The van der Waals surface area contributed by atoms with Crippen molar-refractivity contribution in [1.29, 1.82) is 0 Å². The van der Waals surface area contributed by atoms with Gasteiger partial charge in [-0.25, -0.2) is 4.79 Å². The van der Waals surface area contributed by atoms with E-state index in [1.54, 1.807) is 12.1 Å². The maximum atomic E-state index is 12.7. The fraction of sp³-hybridized carbons (Fsp3) is 0.435. The van der Waals surface area contributed by atoms with Gasteiger partial charge in [-0.05, 0) is 68.4 Å². The van der Waals surface area contributed by atoms with Gasteiger partial charge >= 0.3 is 5.97 Å². The zero-order valence-corrected chi connectivity index (χ0v) is 17.1. The van der Waals surface area contributed by atoms with E-state index >= 15 is 0 Å². The SMILES string of the molecule is CCOc1ccc(CCC2CCN(C(=O)c3ccc(C(=O)OC)cn3)CC2)cc1. The van der Waals surface area contributed by atoms with Gasteiger partial charge in [0, 0.05) is 19.3 Å². The minimum Gasteiger partial charge on any atom is -0.494 e. The lowest BCUT2D eigenvalue weighted by Crippen LogP contribution is -2.39. The molecule has 0 saturated carbocycles. The summed E-state index contributed by atoms with van der Waals surface area (Å²) in [5, 5.41) is 0. The van der Waals surface area contributed by atoms with E-state index in [4.69, 9.17) is 4.74 Å². The lowest BCUT2D eigenvalue weighted by atomic mass is 9.90. The number of carbonyl (C=O) groups is 2. The highest BCUT2D eigenvalue weighted by Crippen LogP contribution is 2.24. The van der Waals surface area contributed by atoms with Crippen molar-refractivity contribution >= 4 is 11.9 Å². The van der Waals surface area contributed by atoms with Gasteiger partial charge in [-0.15, -0.1) is 0 Å². The molecule has 6 nitrogen and oxygen atoms in total. The predicted octanol–water partition coefficient (Wildman–Crippen LogP) is 3.75. The number of hydrogen-bond donors (Lipinski definition) is 0. The summed E-state index contributed by atoms with van der Waals surface area (Å²) in [5.41, 5.74) is 2.03. The second-order valence-corrected chi connectivity index (χ2v) is 7.27. The third kappa shape index (κ3) is 5.56. The molecule has 1 saturated heterocycles. The van der Waals surface area contributed by atoms with Crippen molar-refractivity contribution in [3.8, 4) is 5.75 Å². The van der Waals surface area contributed by atoms with Crippen LogP contribution in [0.4, 0.5) is 0 Å². The third-order valence-corrected chi connectivity index (χ3v) is 5.38. The minimum absolute atomic E-state index is 0.0774. The molecule has 0 aliphatic carbocycles. The van der Waals surface area contributed by atoms with Crippen molar-refractivity contribution < 1.29 is 19.1 Å². The lowest BCUT2D eigenvalue weighted by molar-refractivity contribution is 0.0597. The molecule has 6 heteroatoms. The van der Waals surface area contributed by atoms with E-state index in [0.29, 0.717) is 23.8 Å². The zero-order chi connectivity index (χ0) is 20.6. The quantitative estimate of drug-likeness (QED) is 0.667. The first-order chi connectivity index (χ1) is 14.1. The van der Waals surface area contributed by atoms with Crippen LogP contribution in [0.25, 0.3) is 0 Å². The number of carbonyl (C=O) groups excluding carboxylic acids is 2. The van der Waals surface area contributed by atoms with Crippen molar-refractivity contribution in [3.05, 3.63) is 59.4 Å². The molecule has 0 unspecified atom stereocenters. The second-order valence-electron chi connectivity index (χ2n) is 7.27. The Bertz CT molecular complexity index is 810. The summed E-state index contributed by atoms with van der Waals surface area (Å²) in [6.45, 7) is 4.15. The topological polar surface area (TPSA) is 68.7 Å². The van der Waals surface area contributed by atoms with Crippen LogP contribution in [0, 0.1) is 5.92 Å². The number of rotatable bonds is 7. The number of nitrogens with zero attached hydrogens (tertiary/aromatic N) is 2. The fourth-order valence-electron chi connectivity index (χ4n) is 3.64. The summed E-state index contributed by atoms with van der Waals surface area (Å²) in [4.78, 5) is 30.1. The highest BCUT2D eigenvalue weighted by Gasteiger charge is 2.24. The van der Waals surface area contributed by atoms with Gasteiger partial charge in [0.2, 0.25) is 0 Å². The van der Waals surface area contributed by atoms with Gasteiger partial charge in [0.15, 0.2) is 0 Å². The molecule has 1 aliphatic rings. The van der Waals surface area contributed by atoms with Crippen LogP contribution in [0.5, 0.6) is 5.75 Å². The molecule has 2 heterocycles. The molecule has 0 atom stereocenters. The summed E-state index contributed by atoms with van der Waals surface area (Å²) >= 11 is 0. The number of likely N-dealkylation sites (tertiary alicyclic amines) is 1. The summed E-state index contributed by atoms with van der Waals surface area (Å²) < 4.78 is 10.1. The van der Waals surface area contributed by atoms with Gasteiger partial charge in [0.25, 0.3) is 5.91 Å². The van der Waals surface area contributed by atoms with Crippen molar-refractivity contribution in [3.63, 3.8) is 0 Å². The van der Waals surface area contributed by atoms with Crippen LogP contribution < -0.4 is 4.74 Å². The van der Waals surface area contributed by atoms with Crippen LogP contribution in [-0.2, 0) is 11.2 Å². The summed E-state index contributed by atoms with van der Waals surface area (Å²) in [7, 11) is 1.32. The predicted molar refractivity (Wildman–Crippen MR) is 110 cm³/mol. The van der Waals surface area contributed by atoms with Crippen LogP contribution in [0.1, 0.15) is 52.6 Å². The zero-order valence-electron chi connectivity index (χ0n) is 17.1. The number of pyridine rings is 1. The smallest absolute Gasteiger partial charge is 0.339 e. The standard InChI is InChI=1S/C23H28N2O4/c1-3-29-20-9-6-17(7-10-20)4-5-18-12-14-25(15-13-18)22(26)21-11-8-19(16-24-21)23(27)28-2/h6-11,16,18H,3-5,12-15H2,1-2H3. The number of piperidine rings is 1. The second kappa shape index (κ2) is 10.0. The Morgan fingerprint density at radius 1 is 1.10 bits per heavy atom. The molecule has 29 heavy (non-hydrogen) atoms. The summed E-state index contributed by atoms with van der Waals surface area (Å²) in [6.07, 6.45) is 5.57. The third-order valence-electron chi connectivity index (χ3n) is 5.38. The highest BCUT2D eigenvalue weighted by molar-refractivity contribution is 5.94. The van der Waals surface area contributed by atoms with E-state index in [1.165, 1.54) is 18.9 Å². The van der Waals surface area contributed by atoms with Crippen LogP contribution in [0.2, 0.25) is 0 Å². The molecule has 1 aromatic heterocycles. The Kier molecular flexibility index (Phi) is 7.22. The van der Waals surface area contributed by atoms with Crippen LogP contribution in [-0.4, -0.2) is 48.6 Å². The number of aryl methyl sites for hydroxylation is 1. The number of esters is 1. The Hall–Kier alpha value is -2.89. The molecule has 2 aromatic rings. The van der Waals surface area contributed by atoms with Crippen LogP contribution >= 0.6 is 0 Å². The lowest BCUT2D eigenvalue weighted by Gasteiger charge is -2.32. The van der Waals surface area contributed by atoms with Crippen LogP contribution in [0.15, 0.2) is 42.6 Å². The molecule has 1 aliphatic heterocycles. The largest absolute Gasteiger partial charge is 0.494 e. The first kappa shape index (κ1) is 20.8. The molecule has 0 spiro atoms. The van der Waals surface area contributed by atoms with Crippen molar-refractivity contribution in [1.82, 2.24) is 9.88 Å². The molecule has 0 radical (unpaired) electrons. The molecule has 1 amide bonds. The van der Waals surface area contributed by atoms with Crippen molar-refractivity contribution in [2.24, 2.45) is 5.92 Å². The molecular formula is C23H28N2O4. The normalized spacial score (nSPS) is 14.5. The molecule has 1 fully saturated rings. The van der Waals surface area contributed by atoms with E-state index in [9.17, 15) is 9.59 Å². The Morgan fingerprint density at radius 2 is 1.83 bits per heavy atom. The van der Waals surface area contributed by atoms with E-state index in [-0.39, 0.29) is 5.91 Å². The number of hydrogen-bond acceptors (Lipinski definition) is 5. The molecular weight excluding hydrogens is 368 g/mol. The summed E-state index contributed by atoms with van der Waals surface area (Å²) in [5.74, 6) is 1.01. The van der Waals surface area contributed by atoms with Crippen molar-refractivity contribution in [2.45, 2.75) is 32.6 Å². The van der Waals surface area contributed by atoms with E-state index in [0.717, 1.165) is 44.5 Å². The number of ether oxygens (including phenoxy) is 2. The number of methoxy groups -OCH3 is 1. The number of aromatic nitrogens is 1. The molecule has 0 bridgehead atoms. The Labute approximate surface area is 171 Å². The van der Waals surface area contributed by atoms with Gasteiger partial charge < -0.3 is 14.4 Å².